The van der Waals surface area contributed by atoms with Crippen molar-refractivity contribution in [2.24, 2.45) is 23.6 Å². The van der Waals surface area contributed by atoms with Crippen LogP contribution >= 0.6 is 0 Å². The van der Waals surface area contributed by atoms with Crippen molar-refractivity contribution in [1.29, 1.82) is 0 Å². The van der Waals surface area contributed by atoms with Gasteiger partial charge in [0.05, 0.1) is 6.61 Å². The molecule has 1 amide bonds. The van der Waals surface area contributed by atoms with E-state index in [2.05, 4.69) is 10.3 Å². The highest BCUT2D eigenvalue weighted by molar-refractivity contribution is 5.81. The van der Waals surface area contributed by atoms with E-state index in [1.807, 2.05) is 7.05 Å². The van der Waals surface area contributed by atoms with E-state index in [0.717, 1.165) is 24.3 Å². The maximum Gasteiger partial charge on any atom is 0.253 e. The fourth-order valence-corrected chi connectivity index (χ4v) is 3.75. The van der Waals surface area contributed by atoms with Gasteiger partial charge in [0.2, 0.25) is 0 Å². The van der Waals surface area contributed by atoms with E-state index in [0.29, 0.717) is 6.61 Å². The standard InChI is InChI=1S/C13H25N3O2/c1-16(12(8-18-2)13(17)15-14)7-11-6-9-3-4-10(11)5-9/h9-12H,3-8,14H2,1-2H3,(H,15,17). The van der Waals surface area contributed by atoms with Crippen LogP contribution in [0.15, 0.2) is 0 Å². The van der Waals surface area contributed by atoms with Gasteiger partial charge < -0.3 is 4.74 Å². The third kappa shape index (κ3) is 2.84. The monoisotopic (exact) mass is 255 g/mol. The molecule has 0 aromatic heterocycles. The molecule has 0 aliphatic heterocycles. The number of hydrogen-bond acceptors (Lipinski definition) is 4. The van der Waals surface area contributed by atoms with Gasteiger partial charge in [-0.2, -0.15) is 0 Å². The molecule has 2 bridgehead atoms. The van der Waals surface area contributed by atoms with Gasteiger partial charge in [-0.05, 0) is 44.1 Å². The van der Waals surface area contributed by atoms with Crippen LogP contribution in [0, 0.1) is 17.8 Å². The quantitative estimate of drug-likeness (QED) is 0.408. The summed E-state index contributed by atoms with van der Waals surface area (Å²) < 4.78 is 5.12. The Morgan fingerprint density at radius 3 is 2.78 bits per heavy atom. The zero-order valence-corrected chi connectivity index (χ0v) is 11.4. The third-order valence-electron chi connectivity index (χ3n) is 4.71. The Morgan fingerprint density at radius 1 is 1.50 bits per heavy atom. The zero-order chi connectivity index (χ0) is 13.1. The first-order chi connectivity index (χ1) is 8.65. The number of rotatable bonds is 6. The van der Waals surface area contributed by atoms with E-state index in [1.165, 1.54) is 25.7 Å². The maximum absolute atomic E-state index is 11.7. The normalized spacial score (nSPS) is 31.9. The molecule has 4 unspecified atom stereocenters. The molecule has 2 rings (SSSR count). The summed E-state index contributed by atoms with van der Waals surface area (Å²) in [6, 6.07) is -0.279. The second kappa shape index (κ2) is 5.99. The number of methoxy groups -OCH3 is 1. The molecule has 0 spiro atoms. The summed E-state index contributed by atoms with van der Waals surface area (Å²) in [6.07, 6.45) is 5.52. The molecule has 2 saturated carbocycles. The third-order valence-corrected chi connectivity index (χ3v) is 4.71. The lowest BCUT2D eigenvalue weighted by Crippen LogP contribution is -2.51. The highest BCUT2D eigenvalue weighted by Gasteiger charge is 2.40. The van der Waals surface area contributed by atoms with Crippen LogP contribution in [0.2, 0.25) is 0 Å². The molecule has 3 N–H and O–H groups in total. The van der Waals surface area contributed by atoms with Crippen molar-refractivity contribution in [3.63, 3.8) is 0 Å². The van der Waals surface area contributed by atoms with Crippen molar-refractivity contribution in [1.82, 2.24) is 10.3 Å². The van der Waals surface area contributed by atoms with Crippen LogP contribution in [-0.2, 0) is 9.53 Å². The molecule has 0 radical (unpaired) electrons. The van der Waals surface area contributed by atoms with E-state index in [4.69, 9.17) is 10.6 Å². The van der Waals surface area contributed by atoms with Gasteiger partial charge in [-0.3, -0.25) is 15.1 Å². The largest absolute Gasteiger partial charge is 0.383 e. The van der Waals surface area contributed by atoms with Crippen molar-refractivity contribution in [2.75, 3.05) is 27.3 Å². The Kier molecular flexibility index (Phi) is 4.59. The van der Waals surface area contributed by atoms with Crippen LogP contribution in [-0.4, -0.2) is 44.2 Å². The second-order valence-corrected chi connectivity index (χ2v) is 5.85. The Labute approximate surface area is 109 Å². The number of carbonyl (C=O) groups excluding carboxylic acids is 1. The number of fused-ring (bicyclic) bond motifs is 2. The van der Waals surface area contributed by atoms with Gasteiger partial charge in [0.1, 0.15) is 6.04 Å². The van der Waals surface area contributed by atoms with Crippen LogP contribution in [0.1, 0.15) is 25.7 Å². The van der Waals surface area contributed by atoms with Gasteiger partial charge in [0.25, 0.3) is 5.91 Å². The minimum absolute atomic E-state index is 0.164. The highest BCUT2D eigenvalue weighted by atomic mass is 16.5. The number of carbonyl (C=O) groups is 1. The molecule has 0 aromatic rings. The first kappa shape index (κ1) is 13.8. The molecule has 104 valence electrons. The van der Waals surface area contributed by atoms with E-state index in [1.54, 1.807) is 7.11 Å². The summed E-state index contributed by atoms with van der Waals surface area (Å²) in [6.45, 7) is 1.36. The lowest BCUT2D eigenvalue weighted by molar-refractivity contribution is -0.128. The molecule has 0 saturated heterocycles. The summed E-state index contributed by atoms with van der Waals surface area (Å²) in [7, 11) is 3.60. The topological polar surface area (TPSA) is 67.6 Å². The fourth-order valence-electron chi connectivity index (χ4n) is 3.75. The molecule has 4 atom stereocenters. The van der Waals surface area contributed by atoms with E-state index < -0.39 is 0 Å². The van der Waals surface area contributed by atoms with Gasteiger partial charge >= 0.3 is 0 Å². The average Bonchev–Trinajstić information content (AvgIpc) is 2.97. The van der Waals surface area contributed by atoms with Crippen molar-refractivity contribution in [3.8, 4) is 0 Å². The summed E-state index contributed by atoms with van der Waals surface area (Å²) >= 11 is 0. The lowest BCUT2D eigenvalue weighted by atomic mass is 9.88. The summed E-state index contributed by atoms with van der Waals surface area (Å²) in [5.74, 6) is 7.63. The van der Waals surface area contributed by atoms with Gasteiger partial charge in [-0.1, -0.05) is 6.42 Å². The Bertz CT molecular complexity index is 298. The first-order valence-corrected chi connectivity index (χ1v) is 6.85. The second-order valence-electron chi connectivity index (χ2n) is 5.85. The van der Waals surface area contributed by atoms with Gasteiger partial charge in [-0.15, -0.1) is 0 Å². The Balaban J connectivity index is 1.88. The van der Waals surface area contributed by atoms with E-state index in [-0.39, 0.29) is 11.9 Å². The smallest absolute Gasteiger partial charge is 0.253 e. The molecule has 2 aliphatic carbocycles. The van der Waals surface area contributed by atoms with Gasteiger partial charge in [-0.25, -0.2) is 5.84 Å². The first-order valence-electron chi connectivity index (χ1n) is 6.85. The zero-order valence-electron chi connectivity index (χ0n) is 11.4. The van der Waals surface area contributed by atoms with Crippen molar-refractivity contribution in [3.05, 3.63) is 0 Å². The van der Waals surface area contributed by atoms with Crippen molar-refractivity contribution >= 4 is 5.91 Å². The highest BCUT2D eigenvalue weighted by Crippen LogP contribution is 2.48. The Morgan fingerprint density at radius 2 is 2.28 bits per heavy atom. The summed E-state index contributed by atoms with van der Waals surface area (Å²) in [5, 5.41) is 0. The number of hydrazine groups is 1. The molecule has 2 aliphatic rings. The number of amides is 1. The predicted octanol–water partition coefficient (Wildman–Crippen LogP) is 0.359. The summed E-state index contributed by atoms with van der Waals surface area (Å²) in [4.78, 5) is 13.8. The molecule has 18 heavy (non-hydrogen) atoms. The number of hydrogen-bond donors (Lipinski definition) is 2. The number of nitrogens with two attached hydrogens (primary N) is 1. The van der Waals surface area contributed by atoms with Crippen LogP contribution in [0.25, 0.3) is 0 Å². The number of ether oxygens (including phenoxy) is 1. The van der Waals surface area contributed by atoms with Crippen LogP contribution in [0.4, 0.5) is 0 Å². The van der Waals surface area contributed by atoms with Crippen molar-refractivity contribution < 1.29 is 9.53 Å². The number of likely N-dealkylation sites (N-methyl/N-ethyl adjacent to an activating group) is 1. The summed E-state index contributed by atoms with van der Waals surface area (Å²) in [5.41, 5.74) is 2.23. The van der Waals surface area contributed by atoms with Crippen LogP contribution in [0.3, 0.4) is 0 Å². The minimum atomic E-state index is -0.279. The van der Waals surface area contributed by atoms with Gasteiger partial charge in [0, 0.05) is 13.7 Å². The Hall–Kier alpha value is -0.650. The molecule has 0 heterocycles. The molecule has 5 heteroatoms. The van der Waals surface area contributed by atoms with Crippen LogP contribution < -0.4 is 11.3 Å². The lowest BCUT2D eigenvalue weighted by Gasteiger charge is -2.31. The molecule has 5 nitrogen and oxygen atoms in total. The van der Waals surface area contributed by atoms with Crippen molar-refractivity contribution in [2.45, 2.75) is 31.7 Å². The molecular formula is C13H25N3O2. The average molecular weight is 255 g/mol. The number of nitrogens with one attached hydrogen (secondary N) is 1. The molecule has 0 aromatic carbocycles. The molecule has 2 fully saturated rings. The van der Waals surface area contributed by atoms with Gasteiger partial charge in [0.15, 0.2) is 0 Å². The minimum Gasteiger partial charge on any atom is -0.383 e. The predicted molar refractivity (Wildman–Crippen MR) is 69.6 cm³/mol. The van der Waals surface area contributed by atoms with E-state index >= 15 is 0 Å². The SMILES string of the molecule is COCC(C(=O)NN)N(C)CC1CC2CCC1C2. The number of nitrogens with zero attached hydrogens (tertiary/aromatic N) is 1. The molecular weight excluding hydrogens is 230 g/mol. The van der Waals surface area contributed by atoms with Crippen LogP contribution in [0.5, 0.6) is 0 Å². The van der Waals surface area contributed by atoms with E-state index in [9.17, 15) is 4.79 Å². The fraction of sp³-hybridized carbons (Fsp3) is 0.923. The maximum atomic E-state index is 11.7.